The van der Waals surface area contributed by atoms with Crippen LogP contribution in [0.2, 0.25) is 0 Å². The minimum absolute atomic E-state index is 0.0223. The van der Waals surface area contributed by atoms with Gasteiger partial charge in [0.2, 0.25) is 10.0 Å². The zero-order valence-electron chi connectivity index (χ0n) is 16.2. The van der Waals surface area contributed by atoms with Crippen molar-refractivity contribution in [1.29, 1.82) is 0 Å². The zero-order chi connectivity index (χ0) is 20.1. The van der Waals surface area contributed by atoms with Crippen LogP contribution in [0, 0.1) is 5.92 Å². The van der Waals surface area contributed by atoms with Gasteiger partial charge in [0.25, 0.3) is 5.91 Å². The van der Waals surface area contributed by atoms with E-state index in [4.69, 9.17) is 4.74 Å². The minimum atomic E-state index is -3.74. The van der Waals surface area contributed by atoms with Gasteiger partial charge in [0.1, 0.15) is 4.90 Å². The first-order valence-corrected chi connectivity index (χ1v) is 11.4. The lowest BCUT2D eigenvalue weighted by Gasteiger charge is -2.30. The summed E-state index contributed by atoms with van der Waals surface area (Å²) >= 11 is 0. The molecule has 8 heteroatoms. The number of esters is 1. The summed E-state index contributed by atoms with van der Waals surface area (Å²) in [6.07, 6.45) is 7.49. The van der Waals surface area contributed by atoms with Gasteiger partial charge in [-0.2, -0.15) is 4.31 Å². The van der Waals surface area contributed by atoms with Crippen molar-refractivity contribution in [3.8, 4) is 0 Å². The van der Waals surface area contributed by atoms with Crippen molar-refractivity contribution in [2.45, 2.75) is 62.3 Å². The molecule has 1 aromatic rings. The highest BCUT2D eigenvalue weighted by Gasteiger charge is 2.31. The van der Waals surface area contributed by atoms with E-state index in [0.717, 1.165) is 51.4 Å². The Bertz CT molecular complexity index is 814. The average Bonchev–Trinajstić information content (AvgIpc) is 2.65. The van der Waals surface area contributed by atoms with Crippen LogP contribution in [0.1, 0.15) is 51.4 Å². The number of carbonyl (C=O) groups is 2. The number of nitrogens with one attached hydrogen (secondary N) is 1. The number of carbonyl (C=O) groups excluding carboxylic acids is 2. The first-order valence-electron chi connectivity index (χ1n) is 9.93. The number of ether oxygens (including phenoxy) is 1. The van der Waals surface area contributed by atoms with Crippen LogP contribution in [0.5, 0.6) is 0 Å². The lowest BCUT2D eigenvalue weighted by atomic mass is 9.86. The number of rotatable bonds is 7. The van der Waals surface area contributed by atoms with Gasteiger partial charge >= 0.3 is 5.97 Å². The predicted octanol–water partition coefficient (Wildman–Crippen LogP) is 2.92. The Balaban J connectivity index is 1.67. The van der Waals surface area contributed by atoms with Gasteiger partial charge in [-0.05, 0) is 37.8 Å². The van der Waals surface area contributed by atoms with Gasteiger partial charge in [0, 0.05) is 13.1 Å². The second kappa shape index (κ2) is 9.05. The summed E-state index contributed by atoms with van der Waals surface area (Å²) < 4.78 is 32.7. The smallest absolute Gasteiger partial charge is 0.309 e. The molecule has 1 N–H and O–H groups in total. The Morgan fingerprint density at radius 1 is 1.07 bits per heavy atom. The zero-order valence-corrected chi connectivity index (χ0v) is 17.0. The minimum Gasteiger partial charge on any atom is -0.455 e. The lowest BCUT2D eigenvalue weighted by Crippen LogP contribution is -2.38. The van der Waals surface area contributed by atoms with Gasteiger partial charge in [-0.3, -0.25) is 9.59 Å². The fraction of sp³-hybridized carbons (Fsp3) is 0.600. The topological polar surface area (TPSA) is 92.8 Å². The number of benzene rings is 1. The van der Waals surface area contributed by atoms with Crippen molar-refractivity contribution in [1.82, 2.24) is 4.31 Å². The fourth-order valence-corrected chi connectivity index (χ4v) is 5.24. The maximum absolute atomic E-state index is 13.1. The first-order chi connectivity index (χ1) is 13.4. The molecule has 2 saturated carbocycles. The molecule has 0 bridgehead atoms. The van der Waals surface area contributed by atoms with Gasteiger partial charge in [-0.25, -0.2) is 8.42 Å². The maximum atomic E-state index is 13.1. The molecule has 0 saturated heterocycles. The Morgan fingerprint density at radius 3 is 2.39 bits per heavy atom. The standard InChI is InChI=1S/C20H28N2O5S/c1-22(16-10-3-2-4-11-16)28(25,26)18-13-6-5-12-17(18)21-19(23)14-27-20(24)15-8-7-9-15/h5-6,12-13,15-16H,2-4,7-11,14H2,1H3,(H,21,23). The molecule has 1 amide bonds. The van der Waals surface area contributed by atoms with Gasteiger partial charge in [-0.15, -0.1) is 0 Å². The largest absolute Gasteiger partial charge is 0.455 e. The van der Waals surface area contributed by atoms with Crippen LogP contribution in [-0.2, 0) is 24.3 Å². The molecule has 2 aliphatic rings. The molecule has 0 heterocycles. The maximum Gasteiger partial charge on any atom is 0.309 e. The number of para-hydroxylation sites is 1. The molecule has 0 aliphatic heterocycles. The van der Waals surface area contributed by atoms with E-state index in [2.05, 4.69) is 5.32 Å². The first kappa shape index (κ1) is 20.8. The summed E-state index contributed by atoms with van der Waals surface area (Å²) in [5.41, 5.74) is 0.204. The number of anilines is 1. The second-order valence-electron chi connectivity index (χ2n) is 7.59. The Hall–Kier alpha value is -1.93. The quantitative estimate of drug-likeness (QED) is 0.700. The normalized spacial score (nSPS) is 18.5. The van der Waals surface area contributed by atoms with Crippen LogP contribution in [0.15, 0.2) is 29.2 Å². The second-order valence-corrected chi connectivity index (χ2v) is 9.56. The molecular weight excluding hydrogens is 380 g/mol. The fourth-order valence-electron chi connectivity index (χ4n) is 3.68. The molecule has 1 aromatic carbocycles. The van der Waals surface area contributed by atoms with E-state index in [1.54, 1.807) is 25.2 Å². The highest BCUT2D eigenvalue weighted by atomic mass is 32.2. The van der Waals surface area contributed by atoms with Crippen molar-refractivity contribution >= 4 is 27.6 Å². The van der Waals surface area contributed by atoms with Crippen molar-refractivity contribution in [2.24, 2.45) is 5.92 Å². The molecule has 2 fully saturated rings. The van der Waals surface area contributed by atoms with Crippen LogP contribution < -0.4 is 5.32 Å². The molecule has 0 aromatic heterocycles. The molecule has 2 aliphatic carbocycles. The van der Waals surface area contributed by atoms with Gasteiger partial charge in [0.05, 0.1) is 11.6 Å². The molecule has 3 rings (SSSR count). The summed E-state index contributed by atoms with van der Waals surface area (Å²) in [6, 6.07) is 6.31. The Kier molecular flexibility index (Phi) is 6.72. The van der Waals surface area contributed by atoms with E-state index in [1.165, 1.54) is 10.4 Å². The number of sulfonamides is 1. The van der Waals surface area contributed by atoms with Crippen molar-refractivity contribution in [3.63, 3.8) is 0 Å². The number of hydrogen-bond donors (Lipinski definition) is 1. The summed E-state index contributed by atoms with van der Waals surface area (Å²) in [5.74, 6) is -1.01. The summed E-state index contributed by atoms with van der Waals surface area (Å²) in [4.78, 5) is 24.0. The van der Waals surface area contributed by atoms with Crippen molar-refractivity contribution < 1.29 is 22.7 Å². The predicted molar refractivity (Wildman–Crippen MR) is 105 cm³/mol. The van der Waals surface area contributed by atoms with E-state index in [-0.39, 0.29) is 28.5 Å². The third-order valence-electron chi connectivity index (χ3n) is 5.69. The average molecular weight is 409 g/mol. The van der Waals surface area contributed by atoms with Crippen LogP contribution in [0.4, 0.5) is 5.69 Å². The molecule has 0 spiro atoms. The Labute approximate surface area is 166 Å². The number of nitrogens with zero attached hydrogens (tertiary/aromatic N) is 1. The highest BCUT2D eigenvalue weighted by Crippen LogP contribution is 2.30. The number of hydrogen-bond acceptors (Lipinski definition) is 5. The van der Waals surface area contributed by atoms with Crippen LogP contribution in [0.3, 0.4) is 0 Å². The monoisotopic (exact) mass is 408 g/mol. The lowest BCUT2D eigenvalue weighted by molar-refractivity contribution is -0.154. The van der Waals surface area contributed by atoms with Gasteiger partial charge < -0.3 is 10.1 Å². The molecule has 7 nitrogen and oxygen atoms in total. The van der Waals surface area contributed by atoms with Crippen molar-refractivity contribution in [3.05, 3.63) is 24.3 Å². The Morgan fingerprint density at radius 2 is 1.75 bits per heavy atom. The third-order valence-corrected chi connectivity index (χ3v) is 7.66. The highest BCUT2D eigenvalue weighted by molar-refractivity contribution is 7.89. The molecular formula is C20H28N2O5S. The van der Waals surface area contributed by atoms with Gasteiger partial charge in [0.15, 0.2) is 6.61 Å². The molecule has 0 radical (unpaired) electrons. The molecule has 154 valence electrons. The van der Waals surface area contributed by atoms with Gasteiger partial charge in [-0.1, -0.05) is 37.8 Å². The van der Waals surface area contributed by atoms with E-state index in [1.807, 2.05) is 0 Å². The summed E-state index contributed by atoms with van der Waals surface area (Å²) in [7, 11) is -2.14. The van der Waals surface area contributed by atoms with Crippen molar-refractivity contribution in [2.75, 3.05) is 19.0 Å². The number of amides is 1. The molecule has 0 atom stereocenters. The van der Waals surface area contributed by atoms with E-state index in [9.17, 15) is 18.0 Å². The summed E-state index contributed by atoms with van der Waals surface area (Å²) in [6.45, 7) is -0.415. The summed E-state index contributed by atoms with van der Waals surface area (Å²) in [5, 5.41) is 2.58. The molecule has 28 heavy (non-hydrogen) atoms. The van der Waals surface area contributed by atoms with Crippen LogP contribution >= 0.6 is 0 Å². The van der Waals surface area contributed by atoms with E-state index < -0.39 is 22.5 Å². The van der Waals surface area contributed by atoms with Crippen LogP contribution in [-0.4, -0.2) is 44.3 Å². The van der Waals surface area contributed by atoms with E-state index >= 15 is 0 Å². The molecule has 0 unspecified atom stereocenters. The SMILES string of the molecule is CN(C1CCCCC1)S(=O)(=O)c1ccccc1NC(=O)COC(=O)C1CCC1. The van der Waals surface area contributed by atoms with E-state index in [0.29, 0.717) is 0 Å². The third kappa shape index (κ3) is 4.72. The van der Waals surface area contributed by atoms with Crippen LogP contribution in [0.25, 0.3) is 0 Å².